The molecule has 0 aromatic carbocycles. The summed E-state index contributed by atoms with van der Waals surface area (Å²) < 4.78 is 29.4. The maximum Gasteiger partial charge on any atom is 0.310 e. The van der Waals surface area contributed by atoms with E-state index in [1.54, 1.807) is 22.6 Å². The van der Waals surface area contributed by atoms with Crippen molar-refractivity contribution in [2.45, 2.75) is 12.8 Å². The summed E-state index contributed by atoms with van der Waals surface area (Å²) in [4.78, 5) is 24.3. The highest BCUT2D eigenvalue weighted by Gasteiger charge is 2.15. The lowest BCUT2D eigenvalue weighted by atomic mass is 10.1. The fourth-order valence-electron chi connectivity index (χ4n) is 1.09. The number of methoxy groups -OCH3 is 1. The van der Waals surface area contributed by atoms with Crippen molar-refractivity contribution in [1.82, 2.24) is 4.98 Å². The van der Waals surface area contributed by atoms with Gasteiger partial charge in [0.05, 0.1) is 22.8 Å². The van der Waals surface area contributed by atoms with Gasteiger partial charge in [-0.1, -0.05) is 0 Å². The zero-order valence-electron chi connectivity index (χ0n) is 8.22. The van der Waals surface area contributed by atoms with Crippen molar-refractivity contribution < 1.29 is 18.3 Å². The van der Waals surface area contributed by atoms with Crippen LogP contribution in [0.5, 0.6) is 0 Å². The van der Waals surface area contributed by atoms with E-state index in [4.69, 9.17) is 0 Å². The van der Waals surface area contributed by atoms with Crippen LogP contribution in [0.2, 0.25) is 0 Å². The number of carbonyl (C=O) groups excluding carboxylic acids is 1. The summed E-state index contributed by atoms with van der Waals surface area (Å²) >= 11 is 1.70. The highest BCUT2D eigenvalue weighted by atomic mass is 127. The fraction of sp³-hybridized carbons (Fsp3) is 0.333. The average Bonchev–Trinajstić information content (AvgIpc) is 2.23. The van der Waals surface area contributed by atoms with E-state index in [-0.39, 0.29) is 15.6 Å². The summed E-state index contributed by atoms with van der Waals surface area (Å²) in [5, 5.41) is 0. The second kappa shape index (κ2) is 5.37. The monoisotopic (exact) mass is 343 g/mol. The van der Waals surface area contributed by atoms with E-state index in [2.05, 4.69) is 4.74 Å². The van der Waals surface area contributed by atoms with Gasteiger partial charge >= 0.3 is 5.97 Å². The number of H-pyrrole nitrogens is 1. The Kier molecular flexibility index (Phi) is 4.39. The van der Waals surface area contributed by atoms with Gasteiger partial charge in [-0.25, -0.2) is 8.78 Å². The molecule has 0 radical (unpaired) electrons. The average molecular weight is 343 g/mol. The lowest BCUT2D eigenvalue weighted by Gasteiger charge is -2.06. The summed E-state index contributed by atoms with van der Waals surface area (Å²) in [6.45, 7) is 0. The first kappa shape index (κ1) is 13.1. The van der Waals surface area contributed by atoms with Crippen LogP contribution in [0.1, 0.15) is 17.7 Å². The summed E-state index contributed by atoms with van der Waals surface area (Å²) in [6.07, 6.45) is -2.97. The second-order valence-electron chi connectivity index (χ2n) is 2.95. The number of pyridine rings is 1. The largest absolute Gasteiger partial charge is 0.469 e. The lowest BCUT2D eigenvalue weighted by Crippen LogP contribution is -2.18. The number of nitrogens with one attached hydrogen (secondary N) is 1. The van der Waals surface area contributed by atoms with E-state index < -0.39 is 23.6 Å². The molecule has 0 aliphatic carbocycles. The number of hydrogen-bond acceptors (Lipinski definition) is 3. The van der Waals surface area contributed by atoms with Gasteiger partial charge in [-0.15, -0.1) is 0 Å². The molecule has 0 aliphatic heterocycles. The van der Waals surface area contributed by atoms with Gasteiger partial charge < -0.3 is 9.72 Å². The molecule has 0 bridgehead atoms. The van der Waals surface area contributed by atoms with Crippen molar-refractivity contribution in [3.63, 3.8) is 0 Å². The van der Waals surface area contributed by atoms with Crippen LogP contribution in [0.4, 0.5) is 8.78 Å². The topological polar surface area (TPSA) is 59.2 Å². The van der Waals surface area contributed by atoms with Gasteiger partial charge in [0.25, 0.3) is 12.0 Å². The van der Waals surface area contributed by atoms with E-state index in [1.807, 2.05) is 4.98 Å². The minimum absolute atomic E-state index is 0.196. The first-order valence-corrected chi connectivity index (χ1v) is 5.30. The molecule has 88 valence electrons. The molecule has 4 nitrogen and oxygen atoms in total. The van der Waals surface area contributed by atoms with Gasteiger partial charge in [-0.3, -0.25) is 9.59 Å². The van der Waals surface area contributed by atoms with Gasteiger partial charge in [-0.2, -0.15) is 0 Å². The number of alkyl halides is 2. The van der Waals surface area contributed by atoms with Crippen molar-refractivity contribution in [2.75, 3.05) is 7.11 Å². The van der Waals surface area contributed by atoms with Crippen LogP contribution in [0.15, 0.2) is 10.9 Å². The molecule has 1 N–H and O–H groups in total. The van der Waals surface area contributed by atoms with Gasteiger partial charge in [0.15, 0.2) is 0 Å². The summed E-state index contributed by atoms with van der Waals surface area (Å²) in [7, 11) is 1.19. The maximum absolute atomic E-state index is 12.4. The number of hydrogen-bond donors (Lipinski definition) is 1. The molecule has 0 amide bonds. The first-order valence-electron chi connectivity index (χ1n) is 4.22. The second-order valence-corrected chi connectivity index (χ2v) is 4.03. The molecule has 0 saturated heterocycles. The minimum atomic E-state index is -2.78. The number of ether oxygens (including phenoxy) is 1. The van der Waals surface area contributed by atoms with Gasteiger partial charge in [0.1, 0.15) is 0 Å². The Morgan fingerprint density at radius 3 is 2.75 bits per heavy atom. The first-order chi connectivity index (χ1) is 7.45. The molecule has 1 aromatic heterocycles. The Bertz CT molecular complexity index is 459. The van der Waals surface area contributed by atoms with Gasteiger partial charge in [0.2, 0.25) is 0 Å². The molecule has 16 heavy (non-hydrogen) atoms. The SMILES string of the molecule is COC(=O)Cc1cc(C(F)F)[nH]c(=O)c1I. The van der Waals surface area contributed by atoms with E-state index in [0.29, 0.717) is 0 Å². The van der Waals surface area contributed by atoms with Crippen molar-refractivity contribution >= 4 is 28.6 Å². The predicted molar refractivity (Wildman–Crippen MR) is 60.5 cm³/mol. The quantitative estimate of drug-likeness (QED) is 0.671. The zero-order valence-corrected chi connectivity index (χ0v) is 10.4. The number of aromatic amines is 1. The Labute approximate surface area is 103 Å². The molecular weight excluding hydrogens is 335 g/mol. The van der Waals surface area contributed by atoms with Crippen LogP contribution in [-0.4, -0.2) is 18.1 Å². The number of rotatable bonds is 3. The molecule has 0 spiro atoms. The highest BCUT2D eigenvalue weighted by molar-refractivity contribution is 14.1. The van der Waals surface area contributed by atoms with Crippen LogP contribution < -0.4 is 5.56 Å². The molecule has 1 heterocycles. The van der Waals surface area contributed by atoms with E-state index in [0.717, 1.165) is 6.07 Å². The number of esters is 1. The third-order valence-electron chi connectivity index (χ3n) is 1.87. The van der Waals surface area contributed by atoms with Crippen molar-refractivity contribution in [1.29, 1.82) is 0 Å². The van der Waals surface area contributed by atoms with Crippen LogP contribution in [-0.2, 0) is 16.0 Å². The summed E-state index contributed by atoms with van der Waals surface area (Å²) in [5.41, 5.74) is -0.881. The van der Waals surface area contributed by atoms with Gasteiger partial charge in [-0.05, 0) is 34.2 Å². The van der Waals surface area contributed by atoms with Crippen molar-refractivity contribution in [3.8, 4) is 0 Å². The lowest BCUT2D eigenvalue weighted by molar-refractivity contribution is -0.139. The van der Waals surface area contributed by atoms with E-state index >= 15 is 0 Å². The Morgan fingerprint density at radius 1 is 1.62 bits per heavy atom. The zero-order chi connectivity index (χ0) is 12.3. The molecule has 1 aromatic rings. The number of carbonyl (C=O) groups is 1. The molecule has 0 atom stereocenters. The van der Waals surface area contributed by atoms with E-state index in [1.165, 1.54) is 7.11 Å². The van der Waals surface area contributed by atoms with Crippen LogP contribution >= 0.6 is 22.6 Å². The molecule has 0 fully saturated rings. The van der Waals surface area contributed by atoms with E-state index in [9.17, 15) is 18.4 Å². The van der Waals surface area contributed by atoms with Crippen LogP contribution in [0.3, 0.4) is 0 Å². The number of aromatic nitrogens is 1. The summed E-state index contributed by atoms with van der Waals surface area (Å²) in [5.74, 6) is -0.580. The van der Waals surface area contributed by atoms with Crippen LogP contribution in [0, 0.1) is 3.57 Å². The van der Waals surface area contributed by atoms with Crippen LogP contribution in [0.25, 0.3) is 0 Å². The molecule has 0 unspecified atom stereocenters. The molecule has 0 saturated carbocycles. The summed E-state index contributed by atoms with van der Waals surface area (Å²) in [6, 6.07) is 1.10. The Balaban J connectivity index is 3.17. The third-order valence-corrected chi connectivity index (χ3v) is 3.05. The fourth-order valence-corrected chi connectivity index (χ4v) is 1.57. The molecule has 7 heteroatoms. The van der Waals surface area contributed by atoms with Gasteiger partial charge in [0, 0.05) is 0 Å². The minimum Gasteiger partial charge on any atom is -0.469 e. The Hall–Kier alpha value is -0.990. The third kappa shape index (κ3) is 3.00. The molecular formula is C9H8F2INO3. The predicted octanol–water partition coefficient (Wildman–Crippen LogP) is 1.63. The Morgan fingerprint density at radius 2 is 2.25 bits per heavy atom. The van der Waals surface area contributed by atoms with Crippen molar-refractivity contribution in [2.24, 2.45) is 0 Å². The smallest absolute Gasteiger partial charge is 0.310 e. The van der Waals surface area contributed by atoms with Crippen molar-refractivity contribution in [3.05, 3.63) is 31.2 Å². The molecule has 1 rings (SSSR count). The standard InChI is InChI=1S/C9H8F2INO3/c1-16-6(14)3-4-2-5(8(10)11)13-9(15)7(4)12/h2,8H,3H2,1H3,(H,13,15). The maximum atomic E-state index is 12.4. The molecule has 0 aliphatic rings. The highest BCUT2D eigenvalue weighted by Crippen LogP contribution is 2.18. The number of halogens is 3. The normalized spacial score (nSPS) is 10.6.